The first-order valence-electron chi connectivity index (χ1n) is 7.47. The molecule has 23 heavy (non-hydrogen) atoms. The van der Waals surface area contributed by atoms with Crippen LogP contribution >= 0.6 is 0 Å². The maximum absolute atomic E-state index is 13.0. The molecule has 5 heteroatoms. The summed E-state index contributed by atoms with van der Waals surface area (Å²) >= 11 is 0. The second-order valence-electron chi connectivity index (χ2n) is 5.94. The summed E-state index contributed by atoms with van der Waals surface area (Å²) in [6.45, 7) is 7.59. The molecular formula is C18H20N2O2S. The van der Waals surface area contributed by atoms with Gasteiger partial charge in [0.25, 0.3) is 10.0 Å². The molecule has 0 aliphatic carbocycles. The topological polar surface area (TPSA) is 62.0 Å². The minimum absolute atomic E-state index is 0.377. The van der Waals surface area contributed by atoms with E-state index in [1.54, 1.807) is 12.3 Å². The normalized spacial score (nSPS) is 11.8. The van der Waals surface area contributed by atoms with Crippen LogP contribution in [0.2, 0.25) is 0 Å². The van der Waals surface area contributed by atoms with Crippen LogP contribution in [0.15, 0.2) is 41.4 Å². The van der Waals surface area contributed by atoms with Gasteiger partial charge in [0.05, 0.1) is 10.6 Å². The molecule has 0 saturated heterocycles. The number of anilines is 1. The second-order valence-corrected chi connectivity index (χ2v) is 7.56. The first-order valence-corrected chi connectivity index (χ1v) is 8.96. The predicted molar refractivity (Wildman–Crippen MR) is 94.5 cm³/mol. The molecular weight excluding hydrogens is 308 g/mol. The highest BCUT2D eigenvalue weighted by Gasteiger charge is 2.22. The van der Waals surface area contributed by atoms with Gasteiger partial charge < -0.3 is 4.98 Å². The Bertz CT molecular complexity index is 975. The summed E-state index contributed by atoms with van der Waals surface area (Å²) < 4.78 is 28.7. The molecule has 0 atom stereocenters. The van der Waals surface area contributed by atoms with Crippen molar-refractivity contribution in [2.75, 3.05) is 4.72 Å². The summed E-state index contributed by atoms with van der Waals surface area (Å²) in [5, 5.41) is 0.857. The van der Waals surface area contributed by atoms with Crippen LogP contribution in [-0.4, -0.2) is 13.4 Å². The third-order valence-electron chi connectivity index (χ3n) is 4.41. The number of sulfonamides is 1. The van der Waals surface area contributed by atoms with Crippen molar-refractivity contribution in [3.05, 3.63) is 58.8 Å². The number of benzene rings is 2. The summed E-state index contributed by atoms with van der Waals surface area (Å²) in [6.07, 6.45) is 1.80. The smallest absolute Gasteiger partial charge is 0.262 e. The minimum atomic E-state index is -3.65. The van der Waals surface area contributed by atoms with Crippen molar-refractivity contribution in [1.82, 2.24) is 4.98 Å². The first-order chi connectivity index (χ1) is 10.8. The Balaban J connectivity index is 2.15. The van der Waals surface area contributed by atoms with Gasteiger partial charge in [0.1, 0.15) is 0 Å². The molecule has 0 saturated carbocycles. The molecule has 3 aromatic rings. The standard InChI is InChI=1S/C18H20N2O2S/c1-11-10-12(2)14(4)18(13(11)3)23(21,22)20-17-7-5-6-16-15(17)8-9-19-16/h5-10,19-20H,1-4H3. The highest BCUT2D eigenvalue weighted by molar-refractivity contribution is 7.92. The number of aryl methyl sites for hydroxylation is 2. The summed E-state index contributed by atoms with van der Waals surface area (Å²) in [7, 11) is -3.65. The molecule has 2 N–H and O–H groups in total. The summed E-state index contributed by atoms with van der Waals surface area (Å²) in [5.41, 5.74) is 5.03. The van der Waals surface area contributed by atoms with E-state index < -0.39 is 10.0 Å². The van der Waals surface area contributed by atoms with Crippen LogP contribution in [0.25, 0.3) is 10.9 Å². The number of nitrogens with one attached hydrogen (secondary N) is 2. The van der Waals surface area contributed by atoms with E-state index in [1.807, 2.05) is 52.0 Å². The SMILES string of the molecule is Cc1cc(C)c(C)c(S(=O)(=O)Nc2cccc3[nH]ccc23)c1C. The number of aromatic nitrogens is 1. The van der Waals surface area contributed by atoms with E-state index in [0.29, 0.717) is 10.6 Å². The average molecular weight is 328 g/mol. The molecule has 0 unspecified atom stereocenters. The minimum Gasteiger partial charge on any atom is -0.361 e. The van der Waals surface area contributed by atoms with Gasteiger partial charge in [0, 0.05) is 17.1 Å². The van der Waals surface area contributed by atoms with Crippen LogP contribution < -0.4 is 4.72 Å². The molecule has 120 valence electrons. The lowest BCUT2D eigenvalue weighted by molar-refractivity contribution is 0.599. The quantitative estimate of drug-likeness (QED) is 0.757. The molecule has 0 aliphatic heterocycles. The lowest BCUT2D eigenvalue weighted by Gasteiger charge is -2.17. The van der Waals surface area contributed by atoms with Gasteiger partial charge in [-0.3, -0.25) is 4.72 Å². The fourth-order valence-corrected chi connectivity index (χ4v) is 4.65. The molecule has 0 spiro atoms. The molecule has 4 nitrogen and oxygen atoms in total. The van der Waals surface area contributed by atoms with Crippen molar-refractivity contribution in [2.24, 2.45) is 0 Å². The zero-order chi connectivity index (χ0) is 16.8. The van der Waals surface area contributed by atoms with Gasteiger partial charge >= 0.3 is 0 Å². The third kappa shape index (κ3) is 2.61. The monoisotopic (exact) mass is 328 g/mol. The van der Waals surface area contributed by atoms with E-state index in [4.69, 9.17) is 0 Å². The van der Waals surface area contributed by atoms with Crippen molar-refractivity contribution in [3.63, 3.8) is 0 Å². The number of rotatable bonds is 3. The van der Waals surface area contributed by atoms with Crippen molar-refractivity contribution in [3.8, 4) is 0 Å². The fourth-order valence-electron chi connectivity index (χ4n) is 2.95. The highest BCUT2D eigenvalue weighted by atomic mass is 32.2. The van der Waals surface area contributed by atoms with E-state index >= 15 is 0 Å². The Morgan fingerprint density at radius 2 is 1.61 bits per heavy atom. The van der Waals surface area contributed by atoms with Gasteiger partial charge in [-0.05, 0) is 68.1 Å². The van der Waals surface area contributed by atoms with Crippen LogP contribution in [0, 0.1) is 27.7 Å². The number of hydrogen-bond donors (Lipinski definition) is 2. The van der Waals surface area contributed by atoms with Crippen LogP contribution in [0.4, 0.5) is 5.69 Å². The van der Waals surface area contributed by atoms with E-state index in [-0.39, 0.29) is 0 Å². The van der Waals surface area contributed by atoms with Gasteiger partial charge in [0.15, 0.2) is 0 Å². The zero-order valence-electron chi connectivity index (χ0n) is 13.7. The fraction of sp³-hybridized carbons (Fsp3) is 0.222. The van der Waals surface area contributed by atoms with Gasteiger partial charge in [-0.1, -0.05) is 12.1 Å². The van der Waals surface area contributed by atoms with Gasteiger partial charge in [-0.25, -0.2) is 8.42 Å². The lowest BCUT2D eigenvalue weighted by Crippen LogP contribution is -2.17. The average Bonchev–Trinajstić information content (AvgIpc) is 2.94. The highest BCUT2D eigenvalue weighted by Crippen LogP contribution is 2.30. The molecule has 1 aromatic heterocycles. The summed E-state index contributed by atoms with van der Waals surface area (Å²) in [4.78, 5) is 3.47. The maximum atomic E-state index is 13.0. The number of fused-ring (bicyclic) bond motifs is 1. The Labute approximate surface area is 136 Å². The van der Waals surface area contributed by atoms with Gasteiger partial charge in [-0.15, -0.1) is 0 Å². The molecule has 0 aliphatic rings. The molecule has 0 fully saturated rings. The van der Waals surface area contributed by atoms with Crippen LogP contribution in [0.1, 0.15) is 22.3 Å². The Morgan fingerprint density at radius 1 is 0.957 bits per heavy atom. The van der Waals surface area contributed by atoms with Crippen molar-refractivity contribution < 1.29 is 8.42 Å². The number of hydrogen-bond acceptors (Lipinski definition) is 2. The predicted octanol–water partition coefficient (Wildman–Crippen LogP) is 4.20. The van der Waals surface area contributed by atoms with Crippen molar-refractivity contribution >= 4 is 26.6 Å². The van der Waals surface area contributed by atoms with Crippen LogP contribution in [-0.2, 0) is 10.0 Å². The van der Waals surface area contributed by atoms with Gasteiger partial charge in [-0.2, -0.15) is 0 Å². The van der Waals surface area contributed by atoms with E-state index in [1.165, 1.54) is 0 Å². The lowest BCUT2D eigenvalue weighted by atomic mass is 10.0. The van der Waals surface area contributed by atoms with Crippen molar-refractivity contribution in [2.45, 2.75) is 32.6 Å². The van der Waals surface area contributed by atoms with Crippen LogP contribution in [0.5, 0.6) is 0 Å². The Morgan fingerprint density at radius 3 is 2.26 bits per heavy atom. The van der Waals surface area contributed by atoms with Gasteiger partial charge in [0.2, 0.25) is 0 Å². The molecule has 2 aromatic carbocycles. The van der Waals surface area contributed by atoms with Crippen molar-refractivity contribution in [1.29, 1.82) is 0 Å². The number of H-pyrrole nitrogens is 1. The second kappa shape index (κ2) is 5.42. The van der Waals surface area contributed by atoms with E-state index in [0.717, 1.165) is 33.2 Å². The Hall–Kier alpha value is -2.27. The molecule has 3 rings (SSSR count). The summed E-state index contributed by atoms with van der Waals surface area (Å²) in [6, 6.07) is 9.42. The Kier molecular flexibility index (Phi) is 3.68. The molecule has 1 heterocycles. The largest absolute Gasteiger partial charge is 0.361 e. The first kappa shape index (κ1) is 15.6. The molecule has 0 radical (unpaired) electrons. The van der Waals surface area contributed by atoms with E-state index in [2.05, 4.69) is 9.71 Å². The zero-order valence-corrected chi connectivity index (χ0v) is 14.5. The van der Waals surface area contributed by atoms with E-state index in [9.17, 15) is 8.42 Å². The molecule has 0 amide bonds. The third-order valence-corrected chi connectivity index (χ3v) is 6.04. The van der Waals surface area contributed by atoms with Crippen LogP contribution in [0.3, 0.4) is 0 Å². The maximum Gasteiger partial charge on any atom is 0.262 e. The number of aromatic amines is 1. The molecule has 0 bridgehead atoms. The summed E-state index contributed by atoms with van der Waals surface area (Å²) in [5.74, 6) is 0.